The van der Waals surface area contributed by atoms with E-state index in [9.17, 15) is 24.0 Å². The molecule has 9 nitrogen and oxygen atoms in total. The van der Waals surface area contributed by atoms with Crippen LogP contribution >= 0.6 is 11.8 Å². The first-order valence-electron chi connectivity index (χ1n) is 16.0. The second-order valence-corrected chi connectivity index (χ2v) is 13.0. The zero-order chi connectivity index (χ0) is 34.1. The number of allylic oxidation sites excluding steroid dienone is 1. The van der Waals surface area contributed by atoms with Crippen LogP contribution in [0, 0.1) is 0 Å². The second kappa shape index (κ2) is 13.2. The summed E-state index contributed by atoms with van der Waals surface area (Å²) in [4.78, 5) is 68.9. The van der Waals surface area contributed by atoms with E-state index in [-0.39, 0.29) is 52.9 Å². The highest BCUT2D eigenvalue weighted by Crippen LogP contribution is 2.47. The molecule has 2 aliphatic carbocycles. The largest absolute Gasteiger partial charge is 0.464 e. The van der Waals surface area contributed by atoms with Gasteiger partial charge in [-0.05, 0) is 34.7 Å². The minimum atomic E-state index is -1.95. The summed E-state index contributed by atoms with van der Waals surface area (Å²) < 4.78 is 11.2. The van der Waals surface area contributed by atoms with E-state index < -0.39 is 41.1 Å². The summed E-state index contributed by atoms with van der Waals surface area (Å²) in [6.07, 6.45) is -0.758. The van der Waals surface area contributed by atoms with Crippen molar-refractivity contribution in [2.45, 2.75) is 30.8 Å². The number of ether oxygens (including phenoxy) is 2. The number of Topliss-reactive ketones (excluding diaryl/α,β-unsaturated/α-hetero) is 2. The molecule has 7 rings (SSSR count). The Bertz CT molecular complexity index is 2000. The molecule has 0 bridgehead atoms. The van der Waals surface area contributed by atoms with Crippen molar-refractivity contribution < 1.29 is 33.4 Å². The van der Waals surface area contributed by atoms with E-state index >= 15 is 0 Å². The Morgan fingerprint density at radius 1 is 0.776 bits per heavy atom. The number of hydrogen-bond acceptors (Lipinski definition) is 8. The number of nitrogens with one attached hydrogen (secondary N) is 2. The number of benzene rings is 4. The zero-order valence-electron chi connectivity index (χ0n) is 26.6. The molecule has 0 fully saturated rings. The molecule has 1 aliphatic heterocycles. The number of ketones is 2. The molecule has 0 saturated carbocycles. The summed E-state index contributed by atoms with van der Waals surface area (Å²) in [6.45, 7) is 1.63. The lowest BCUT2D eigenvalue weighted by Crippen LogP contribution is -2.62. The summed E-state index contributed by atoms with van der Waals surface area (Å²) in [5.41, 5.74) is 3.31. The molecule has 0 aromatic heterocycles. The lowest BCUT2D eigenvalue weighted by molar-refractivity contribution is -0.150. The lowest BCUT2D eigenvalue weighted by Gasteiger charge is -2.32. The quantitative estimate of drug-likeness (QED) is 0.219. The zero-order valence-corrected chi connectivity index (χ0v) is 27.4. The van der Waals surface area contributed by atoms with Gasteiger partial charge >= 0.3 is 12.1 Å². The van der Waals surface area contributed by atoms with E-state index in [2.05, 4.69) is 10.6 Å². The minimum Gasteiger partial charge on any atom is -0.464 e. The SMILES string of the molecule is CCOC(=O)C1(NC(=O)[C@H](Cc2ccccc2)NC(=O)OCC2c3ccccc3-c3ccccc32)CSC2=C1C(=O)c1ccccc1C2=O. The van der Waals surface area contributed by atoms with Crippen LogP contribution in [-0.4, -0.2) is 60.1 Å². The van der Waals surface area contributed by atoms with Crippen LogP contribution in [0.4, 0.5) is 4.79 Å². The fraction of sp³-hybridized carbons (Fsp3) is 0.205. The van der Waals surface area contributed by atoms with Gasteiger partial charge in [-0.1, -0.05) is 103 Å². The molecule has 0 saturated heterocycles. The van der Waals surface area contributed by atoms with Crippen LogP contribution in [0.3, 0.4) is 0 Å². The molecule has 2 N–H and O–H groups in total. The maximum absolute atomic E-state index is 14.2. The molecule has 0 spiro atoms. The van der Waals surface area contributed by atoms with Crippen molar-refractivity contribution in [1.29, 1.82) is 0 Å². The fourth-order valence-corrected chi connectivity index (χ4v) is 8.18. The maximum Gasteiger partial charge on any atom is 0.407 e. The highest BCUT2D eigenvalue weighted by atomic mass is 32.2. The summed E-state index contributed by atoms with van der Waals surface area (Å²) in [5, 5.41) is 5.48. The van der Waals surface area contributed by atoms with Gasteiger partial charge in [-0.2, -0.15) is 0 Å². The number of thioether (sulfide) groups is 1. The third kappa shape index (κ3) is 5.72. The second-order valence-electron chi connectivity index (χ2n) is 12.0. The van der Waals surface area contributed by atoms with Crippen LogP contribution in [0.15, 0.2) is 114 Å². The molecule has 2 atom stereocenters. The standard InChI is InChI=1S/C39H32N2O7S/c1-2-47-37(45)39(22-49-35-32(39)33(42)28-18-10-11-19-29(28)34(35)43)41-36(44)31(20-23-12-4-3-5-13-23)40-38(46)48-21-30-26-16-8-6-14-24(26)25-15-7-9-17-27(25)30/h3-19,30-31H,2,20-22H2,1H3,(H,40,46)(H,41,44)/t31-,39?/m0/s1. The van der Waals surface area contributed by atoms with Gasteiger partial charge in [0.15, 0.2) is 11.3 Å². The predicted octanol–water partition coefficient (Wildman–Crippen LogP) is 5.63. The molecular formula is C39H32N2O7S. The number of amides is 2. The molecule has 4 aromatic carbocycles. The number of alkyl carbamates (subject to hydrolysis) is 1. The van der Waals surface area contributed by atoms with Crippen LogP contribution < -0.4 is 10.6 Å². The highest BCUT2D eigenvalue weighted by molar-refractivity contribution is 8.04. The Hall–Kier alpha value is -5.48. The Balaban J connectivity index is 1.16. The van der Waals surface area contributed by atoms with Gasteiger partial charge in [0.25, 0.3) is 0 Å². The Morgan fingerprint density at radius 2 is 1.35 bits per heavy atom. The number of hydrogen-bond donors (Lipinski definition) is 2. The van der Waals surface area contributed by atoms with E-state index in [4.69, 9.17) is 9.47 Å². The van der Waals surface area contributed by atoms with Crippen LogP contribution in [0.2, 0.25) is 0 Å². The van der Waals surface area contributed by atoms with Crippen molar-refractivity contribution >= 4 is 41.3 Å². The molecule has 49 heavy (non-hydrogen) atoms. The number of carbonyl (C=O) groups is 5. The van der Waals surface area contributed by atoms with Gasteiger partial charge in [-0.25, -0.2) is 9.59 Å². The topological polar surface area (TPSA) is 128 Å². The summed E-state index contributed by atoms with van der Waals surface area (Å²) in [5.74, 6) is -2.84. The molecule has 2 amide bonds. The van der Waals surface area contributed by atoms with Gasteiger partial charge in [0.1, 0.15) is 12.6 Å². The summed E-state index contributed by atoms with van der Waals surface area (Å²) in [6, 6.07) is 30.2. The van der Waals surface area contributed by atoms with E-state index in [1.54, 1.807) is 25.1 Å². The number of esters is 1. The Morgan fingerprint density at radius 3 is 1.98 bits per heavy atom. The van der Waals surface area contributed by atoms with Gasteiger partial charge in [0.05, 0.1) is 17.1 Å². The smallest absolute Gasteiger partial charge is 0.407 e. The molecule has 10 heteroatoms. The van der Waals surface area contributed by atoms with Crippen molar-refractivity contribution in [3.63, 3.8) is 0 Å². The third-order valence-corrected chi connectivity index (χ3v) is 10.4. The van der Waals surface area contributed by atoms with Crippen molar-refractivity contribution in [3.05, 3.63) is 141 Å². The maximum atomic E-state index is 14.2. The average Bonchev–Trinajstić information content (AvgIpc) is 3.67. The molecule has 3 aliphatic rings. The predicted molar refractivity (Wildman–Crippen MR) is 184 cm³/mol. The van der Waals surface area contributed by atoms with Gasteiger partial charge in [0.2, 0.25) is 11.7 Å². The van der Waals surface area contributed by atoms with E-state index in [0.29, 0.717) is 0 Å². The van der Waals surface area contributed by atoms with E-state index in [1.165, 1.54) is 6.07 Å². The van der Waals surface area contributed by atoms with Gasteiger partial charge in [-0.15, -0.1) is 11.8 Å². The van der Waals surface area contributed by atoms with Crippen molar-refractivity contribution in [2.75, 3.05) is 19.0 Å². The summed E-state index contributed by atoms with van der Waals surface area (Å²) >= 11 is 1.03. The van der Waals surface area contributed by atoms with Gasteiger partial charge in [-0.3, -0.25) is 14.4 Å². The lowest BCUT2D eigenvalue weighted by atomic mass is 9.79. The number of carbonyl (C=O) groups excluding carboxylic acids is 5. The van der Waals surface area contributed by atoms with Crippen molar-refractivity contribution in [2.24, 2.45) is 0 Å². The van der Waals surface area contributed by atoms with Crippen LogP contribution in [0.5, 0.6) is 0 Å². The van der Waals surface area contributed by atoms with Gasteiger partial charge in [0, 0.05) is 29.2 Å². The molecule has 246 valence electrons. The van der Waals surface area contributed by atoms with Crippen molar-refractivity contribution in [3.8, 4) is 11.1 Å². The Labute approximate surface area is 287 Å². The number of rotatable bonds is 9. The normalized spacial score (nSPS) is 18.1. The third-order valence-electron chi connectivity index (χ3n) is 9.13. The van der Waals surface area contributed by atoms with Crippen LogP contribution in [0.25, 0.3) is 11.1 Å². The van der Waals surface area contributed by atoms with Crippen LogP contribution in [-0.2, 0) is 25.5 Å². The minimum absolute atomic E-state index is 0.0199. The first-order valence-corrected chi connectivity index (χ1v) is 17.0. The number of fused-ring (bicyclic) bond motifs is 4. The Kier molecular flexibility index (Phi) is 8.64. The molecule has 1 heterocycles. The molecule has 1 unspecified atom stereocenters. The first kappa shape index (κ1) is 32.1. The first-order chi connectivity index (χ1) is 23.8. The molecular weight excluding hydrogens is 641 g/mol. The van der Waals surface area contributed by atoms with Crippen molar-refractivity contribution in [1.82, 2.24) is 10.6 Å². The fourth-order valence-electron chi connectivity index (χ4n) is 6.83. The van der Waals surface area contributed by atoms with Gasteiger partial charge < -0.3 is 20.1 Å². The average molecular weight is 673 g/mol. The highest BCUT2D eigenvalue weighted by Gasteiger charge is 2.57. The van der Waals surface area contributed by atoms with E-state index in [0.717, 1.165) is 39.6 Å². The molecule has 4 aromatic rings. The van der Waals surface area contributed by atoms with Crippen LogP contribution in [0.1, 0.15) is 50.2 Å². The molecule has 0 radical (unpaired) electrons. The monoisotopic (exact) mass is 672 g/mol. The summed E-state index contributed by atoms with van der Waals surface area (Å²) in [7, 11) is 0. The van der Waals surface area contributed by atoms with E-state index in [1.807, 2.05) is 78.9 Å².